The molecule has 1 heterocycles. The van der Waals surface area contributed by atoms with Gasteiger partial charge in [-0.2, -0.15) is 0 Å². The number of carbonyl (C=O) groups is 1. The van der Waals surface area contributed by atoms with E-state index in [9.17, 15) is 9.18 Å². The summed E-state index contributed by atoms with van der Waals surface area (Å²) in [4.78, 5) is 12.9. The Bertz CT molecular complexity index is 1100. The van der Waals surface area contributed by atoms with Crippen molar-refractivity contribution in [1.82, 2.24) is 3.80 Å². The van der Waals surface area contributed by atoms with Crippen molar-refractivity contribution in [3.05, 3.63) is 51.8 Å². The normalized spacial score (nSPS) is 16.9. The minimum atomic E-state index is -1.77. The van der Waals surface area contributed by atoms with Gasteiger partial charge in [0.1, 0.15) is 0 Å². The van der Waals surface area contributed by atoms with E-state index < -0.39 is 15.2 Å². The molecule has 2 nitrogen and oxygen atoms in total. The van der Waals surface area contributed by atoms with Crippen LogP contribution < -0.4 is 39.0 Å². The third kappa shape index (κ3) is 3.33. The SMILES string of the molecule is CC1=Cc2c(-c3c(C(=O)[NH][Ti+2])cc4c(C)c3[Si](C)(C)[Si]4(C)C)ccc(F)c2C1.[Cl-].[Cl-]. The van der Waals surface area contributed by atoms with Crippen LogP contribution in [0.15, 0.2) is 23.8 Å². The largest absolute Gasteiger partial charge is 1.00 e. The molecule has 2 aliphatic rings. The van der Waals surface area contributed by atoms with E-state index in [0.29, 0.717) is 6.42 Å². The molecule has 0 fully saturated rings. The Morgan fingerprint density at radius 3 is 2.33 bits per heavy atom. The van der Waals surface area contributed by atoms with E-state index in [1.165, 1.54) is 21.5 Å². The van der Waals surface area contributed by atoms with Gasteiger partial charge < -0.3 is 24.8 Å². The van der Waals surface area contributed by atoms with Crippen molar-refractivity contribution in [2.24, 2.45) is 0 Å². The fourth-order valence-electron chi connectivity index (χ4n) is 5.16. The van der Waals surface area contributed by atoms with Crippen LogP contribution in [0.2, 0.25) is 26.2 Å². The molecule has 2 bridgehead atoms. The first-order valence-corrected chi connectivity index (χ1v) is 17.4. The van der Waals surface area contributed by atoms with Crippen molar-refractivity contribution in [2.45, 2.75) is 46.5 Å². The third-order valence-corrected chi connectivity index (χ3v) is 25.4. The van der Waals surface area contributed by atoms with Crippen molar-refractivity contribution in [3.8, 4) is 11.1 Å². The molecule has 2 aromatic carbocycles. The number of fused-ring (bicyclic) bond motifs is 3. The summed E-state index contributed by atoms with van der Waals surface area (Å²) in [7, 11) is -3.44. The van der Waals surface area contributed by atoms with Gasteiger partial charge in [0, 0.05) is 0 Å². The Labute approximate surface area is 204 Å². The number of hydrogen-bond donors (Lipinski definition) is 1. The summed E-state index contributed by atoms with van der Waals surface area (Å²) >= 11 is 1.69. The summed E-state index contributed by atoms with van der Waals surface area (Å²) in [5, 5.41) is 2.83. The molecule has 0 saturated carbocycles. The van der Waals surface area contributed by atoms with Crippen LogP contribution in [0.25, 0.3) is 17.2 Å². The number of rotatable bonds is 2. The molecule has 1 amide bonds. The first-order chi connectivity index (χ1) is 13.0. The minimum absolute atomic E-state index is 0. The summed E-state index contributed by atoms with van der Waals surface area (Å²) in [5.41, 5.74) is 7.08. The first kappa shape index (κ1) is 25.6. The maximum absolute atomic E-state index is 14.5. The molecular weight excluding hydrogens is 488 g/mol. The van der Waals surface area contributed by atoms with E-state index in [1.807, 2.05) is 13.0 Å². The molecule has 1 N–H and O–H groups in total. The zero-order chi connectivity index (χ0) is 20.6. The summed E-state index contributed by atoms with van der Waals surface area (Å²) < 4.78 is 17.4. The fraction of sp³-hybridized carbons (Fsp3) is 0.318. The predicted octanol–water partition coefficient (Wildman–Crippen LogP) is -2.12. The molecule has 0 unspecified atom stereocenters. The maximum Gasteiger partial charge on any atom is -1.00 e. The van der Waals surface area contributed by atoms with Crippen LogP contribution in [0.5, 0.6) is 0 Å². The average Bonchev–Trinajstić information content (AvgIpc) is 3.05. The van der Waals surface area contributed by atoms with Crippen LogP contribution in [0, 0.1) is 12.7 Å². The number of hydrogen-bond acceptors (Lipinski definition) is 1. The topological polar surface area (TPSA) is 29.1 Å². The quantitative estimate of drug-likeness (QED) is 0.458. The molecule has 0 saturated heterocycles. The number of amides is 1. The molecule has 8 heteroatoms. The second-order valence-electron chi connectivity index (χ2n) is 9.21. The predicted molar refractivity (Wildman–Crippen MR) is 116 cm³/mol. The second kappa shape index (κ2) is 8.34. The second-order valence-corrected chi connectivity index (χ2v) is 24.6. The first-order valence-electron chi connectivity index (χ1n) is 9.67. The number of nitrogens with one attached hydrogen (secondary N) is 1. The third-order valence-electron chi connectivity index (χ3n) is 7.22. The van der Waals surface area contributed by atoms with Gasteiger partial charge in [0.25, 0.3) is 0 Å². The van der Waals surface area contributed by atoms with E-state index >= 15 is 0 Å². The van der Waals surface area contributed by atoms with E-state index in [1.54, 1.807) is 26.8 Å². The van der Waals surface area contributed by atoms with E-state index in [0.717, 1.165) is 27.8 Å². The van der Waals surface area contributed by atoms with Gasteiger partial charge in [0.05, 0.1) is 0 Å². The number of benzene rings is 2. The monoisotopic (exact) mass is 512 g/mol. The van der Waals surface area contributed by atoms with Gasteiger partial charge in [0.15, 0.2) is 0 Å². The van der Waals surface area contributed by atoms with Gasteiger partial charge in [-0.25, -0.2) is 0 Å². The summed E-state index contributed by atoms with van der Waals surface area (Å²) in [6.45, 7) is 14.1. The Balaban J connectivity index is 0.00000160. The molecule has 0 radical (unpaired) electrons. The molecule has 0 atom stereocenters. The molecule has 0 spiro atoms. The molecule has 0 aromatic heterocycles. The fourth-order valence-corrected chi connectivity index (χ4v) is 15.9. The Hall–Kier alpha value is -0.692. The summed E-state index contributed by atoms with van der Waals surface area (Å²) in [5.74, 6) is -0.199. The molecule has 30 heavy (non-hydrogen) atoms. The van der Waals surface area contributed by atoms with Gasteiger partial charge in [-0.1, -0.05) is 0 Å². The standard InChI is InChI=1S/C22H26FNOSi2.2ClH.Ti/c1-12-9-15-14(7-8-18(23)16(15)10-12)20-17(22(24)25)11-19-13(2)21(20)27(5,6)26(19,3)4;;;/h7-9,11H,10H2,1-6H3,(H2,24,25);2*1H;/q;;;+3/p-3. The molecule has 4 rings (SSSR count). The van der Waals surface area contributed by atoms with Crippen LogP contribution in [0.4, 0.5) is 4.39 Å². The van der Waals surface area contributed by atoms with Crippen LogP contribution in [0.3, 0.4) is 0 Å². The smallest absolute Gasteiger partial charge is 1.00 e. The van der Waals surface area contributed by atoms with E-state index in [-0.39, 0.29) is 36.5 Å². The van der Waals surface area contributed by atoms with Gasteiger partial charge >= 0.3 is 181 Å². The zero-order valence-electron chi connectivity index (χ0n) is 18.1. The average molecular weight is 513 g/mol. The Morgan fingerprint density at radius 1 is 1.10 bits per heavy atom. The molecule has 1 aliphatic carbocycles. The Morgan fingerprint density at radius 2 is 1.73 bits per heavy atom. The summed E-state index contributed by atoms with van der Waals surface area (Å²) in [6, 6.07) is 5.62. The van der Waals surface area contributed by atoms with Crippen molar-refractivity contribution in [2.75, 3.05) is 0 Å². The molecule has 1 aliphatic heterocycles. The number of carbonyl (C=O) groups excluding carboxylic acids is 1. The van der Waals surface area contributed by atoms with Gasteiger partial charge in [-0.05, 0) is 0 Å². The maximum atomic E-state index is 14.5. The minimum Gasteiger partial charge on any atom is -1.00 e. The van der Waals surface area contributed by atoms with Crippen LogP contribution in [-0.2, 0) is 27.1 Å². The van der Waals surface area contributed by atoms with Gasteiger partial charge in [-0.15, -0.1) is 0 Å². The summed E-state index contributed by atoms with van der Waals surface area (Å²) in [6.07, 6.45) is 2.75. The Kier molecular flexibility index (Phi) is 7.11. The molecular formula is C22H25Cl2FNOSi2Ti. The van der Waals surface area contributed by atoms with Crippen molar-refractivity contribution in [1.29, 1.82) is 0 Å². The van der Waals surface area contributed by atoms with Crippen LogP contribution >= 0.6 is 0 Å². The van der Waals surface area contributed by atoms with Crippen molar-refractivity contribution < 1.29 is 54.7 Å². The molecule has 157 valence electrons. The van der Waals surface area contributed by atoms with Gasteiger partial charge in [-0.3, -0.25) is 0 Å². The molecule has 2 aromatic rings. The number of allylic oxidation sites excluding steroid dienone is 1. The van der Waals surface area contributed by atoms with Crippen LogP contribution in [-0.4, -0.2) is 21.1 Å². The van der Waals surface area contributed by atoms with Crippen molar-refractivity contribution in [3.63, 3.8) is 0 Å². The van der Waals surface area contributed by atoms with E-state index in [2.05, 4.69) is 49.1 Å². The van der Waals surface area contributed by atoms with Crippen molar-refractivity contribution >= 4 is 37.5 Å². The van der Waals surface area contributed by atoms with Gasteiger partial charge in [0.2, 0.25) is 0 Å². The zero-order valence-corrected chi connectivity index (χ0v) is 23.1. The van der Waals surface area contributed by atoms with E-state index in [4.69, 9.17) is 0 Å². The number of halogens is 3. The van der Waals surface area contributed by atoms with Crippen LogP contribution in [0.1, 0.15) is 34.0 Å².